The van der Waals surface area contributed by atoms with Gasteiger partial charge in [-0.2, -0.15) is 0 Å². The van der Waals surface area contributed by atoms with Crippen LogP contribution in [-0.4, -0.2) is 10.8 Å². The number of fused-ring (bicyclic) bond motifs is 2. The summed E-state index contributed by atoms with van der Waals surface area (Å²) < 4.78 is 0. The van der Waals surface area contributed by atoms with Crippen molar-refractivity contribution < 1.29 is 4.79 Å². The summed E-state index contributed by atoms with van der Waals surface area (Å²) >= 11 is 0. The Morgan fingerprint density at radius 2 is 1.19 bits per heavy atom. The first-order chi connectivity index (χ1) is 10.4. The van der Waals surface area contributed by atoms with E-state index in [1.165, 1.54) is 0 Å². The number of hydrogen-bond acceptors (Lipinski definition) is 2. The Labute approximate surface area is 124 Å². The highest BCUT2D eigenvalue weighted by atomic mass is 16.1. The quantitative estimate of drug-likeness (QED) is 0.486. The Kier molecular flexibility index (Phi) is 3.88. The van der Waals surface area contributed by atoms with Gasteiger partial charge in [0.25, 0.3) is 0 Å². The van der Waals surface area contributed by atoms with E-state index < -0.39 is 0 Å². The molecule has 3 aromatic rings. The number of carbonyl (C=O) groups excluding carboxylic acids is 1. The van der Waals surface area contributed by atoms with E-state index in [-0.39, 0.29) is 5.78 Å². The maximum atomic E-state index is 12.1. The van der Waals surface area contributed by atoms with Crippen molar-refractivity contribution in [2.45, 2.75) is 6.42 Å². The first-order valence-electron chi connectivity index (χ1n) is 6.92. The third-order valence-electron chi connectivity index (χ3n) is 3.47. The molecule has 21 heavy (non-hydrogen) atoms. The van der Waals surface area contributed by atoms with Crippen LogP contribution in [0.3, 0.4) is 0 Å². The highest BCUT2D eigenvalue weighted by Crippen LogP contribution is 2.26. The molecule has 0 atom stereocenters. The van der Waals surface area contributed by atoms with Crippen LogP contribution in [0.4, 0.5) is 0 Å². The third-order valence-corrected chi connectivity index (χ3v) is 3.47. The minimum Gasteiger partial charge on any atom is -0.289 e. The van der Waals surface area contributed by atoms with Gasteiger partial charge in [0.1, 0.15) is 0 Å². The fourth-order valence-electron chi connectivity index (χ4n) is 2.45. The van der Waals surface area contributed by atoms with Crippen molar-refractivity contribution in [3.8, 4) is 0 Å². The lowest BCUT2D eigenvalue weighted by molar-refractivity contribution is 0.103. The van der Waals surface area contributed by atoms with Crippen LogP contribution in [0.15, 0.2) is 79.1 Å². The summed E-state index contributed by atoms with van der Waals surface area (Å²) in [5, 5.41) is 0. The van der Waals surface area contributed by atoms with Gasteiger partial charge in [-0.1, -0.05) is 54.6 Å². The minimum atomic E-state index is 0.160. The van der Waals surface area contributed by atoms with E-state index in [9.17, 15) is 4.79 Å². The van der Waals surface area contributed by atoms with Crippen LogP contribution in [0.2, 0.25) is 0 Å². The van der Waals surface area contributed by atoms with Gasteiger partial charge in [-0.25, -0.2) is 0 Å². The fourth-order valence-corrected chi connectivity index (χ4v) is 2.45. The molecule has 0 N–H and O–H groups in total. The predicted octanol–water partition coefficient (Wildman–Crippen LogP) is 3.90. The first-order valence-corrected chi connectivity index (χ1v) is 6.92. The smallest absolute Gasteiger partial charge is 0.193 e. The molecule has 0 spiro atoms. The van der Waals surface area contributed by atoms with E-state index in [0.717, 1.165) is 28.7 Å². The van der Waals surface area contributed by atoms with E-state index in [1.54, 1.807) is 12.4 Å². The number of hydrogen-bond donors (Lipinski definition) is 0. The van der Waals surface area contributed by atoms with Crippen molar-refractivity contribution in [1.29, 1.82) is 0 Å². The molecule has 0 radical (unpaired) electrons. The maximum Gasteiger partial charge on any atom is 0.193 e. The summed E-state index contributed by atoms with van der Waals surface area (Å²) in [5.41, 5.74) is 4.00. The second kappa shape index (κ2) is 6.14. The largest absolute Gasteiger partial charge is 0.289 e. The zero-order valence-corrected chi connectivity index (χ0v) is 11.6. The molecule has 1 heterocycles. The van der Waals surface area contributed by atoms with Gasteiger partial charge in [0.15, 0.2) is 5.78 Å². The van der Waals surface area contributed by atoms with Crippen LogP contribution in [0.1, 0.15) is 27.0 Å². The third kappa shape index (κ3) is 2.90. The molecule has 0 aliphatic heterocycles. The van der Waals surface area contributed by atoms with Gasteiger partial charge >= 0.3 is 0 Å². The lowest BCUT2D eigenvalue weighted by Crippen LogP contribution is -2.14. The highest BCUT2D eigenvalue weighted by molar-refractivity contribution is 6.12. The zero-order chi connectivity index (χ0) is 14.5. The van der Waals surface area contributed by atoms with E-state index in [0.29, 0.717) is 0 Å². The standard InChI is InChI=1S/C14H10O.C5H5N/c15-14-12-7-3-1-5-10(12)9-11-6-2-4-8-13(11)14;1-2-4-6-5-3-1/h1-8H,9H2;1-5H. The minimum absolute atomic E-state index is 0.160. The molecule has 1 aromatic heterocycles. The van der Waals surface area contributed by atoms with Crippen LogP contribution in [0.25, 0.3) is 0 Å². The SMILES string of the molecule is O=C1c2ccccc2Cc2ccccc21.c1ccncc1. The summed E-state index contributed by atoms with van der Waals surface area (Å²) in [4.78, 5) is 15.9. The van der Waals surface area contributed by atoms with Gasteiger partial charge in [0.05, 0.1) is 0 Å². The molecule has 4 rings (SSSR count). The lowest BCUT2D eigenvalue weighted by atomic mass is 9.85. The Hall–Kier alpha value is -2.74. The van der Waals surface area contributed by atoms with Crippen molar-refractivity contribution in [2.75, 3.05) is 0 Å². The topological polar surface area (TPSA) is 30.0 Å². The van der Waals surface area contributed by atoms with Crippen LogP contribution < -0.4 is 0 Å². The predicted molar refractivity (Wildman–Crippen MR) is 83.4 cm³/mol. The molecular formula is C19H15NO. The number of aromatic nitrogens is 1. The molecule has 0 fully saturated rings. The summed E-state index contributed by atoms with van der Waals surface area (Å²) in [6, 6.07) is 21.4. The van der Waals surface area contributed by atoms with E-state index in [4.69, 9.17) is 0 Å². The average molecular weight is 273 g/mol. The number of nitrogens with zero attached hydrogens (tertiary/aromatic N) is 1. The van der Waals surface area contributed by atoms with Gasteiger partial charge in [-0.05, 0) is 29.7 Å². The molecule has 0 saturated carbocycles. The molecule has 0 unspecified atom stereocenters. The molecule has 0 saturated heterocycles. The second-order valence-corrected chi connectivity index (χ2v) is 4.84. The van der Waals surface area contributed by atoms with Crippen molar-refractivity contribution in [2.24, 2.45) is 0 Å². The van der Waals surface area contributed by atoms with E-state index in [1.807, 2.05) is 66.7 Å². The number of ketones is 1. The summed E-state index contributed by atoms with van der Waals surface area (Å²) in [7, 11) is 0. The molecule has 0 bridgehead atoms. The molecule has 2 heteroatoms. The van der Waals surface area contributed by atoms with E-state index >= 15 is 0 Å². The van der Waals surface area contributed by atoms with Crippen molar-refractivity contribution in [1.82, 2.24) is 4.98 Å². The van der Waals surface area contributed by atoms with Crippen molar-refractivity contribution >= 4 is 5.78 Å². The zero-order valence-electron chi connectivity index (χ0n) is 11.6. The van der Waals surface area contributed by atoms with Gasteiger partial charge in [-0.15, -0.1) is 0 Å². The number of benzene rings is 2. The molecular weight excluding hydrogens is 258 g/mol. The van der Waals surface area contributed by atoms with Crippen LogP contribution >= 0.6 is 0 Å². The molecule has 102 valence electrons. The molecule has 1 aliphatic carbocycles. The van der Waals surface area contributed by atoms with Crippen LogP contribution in [0, 0.1) is 0 Å². The first kappa shape index (κ1) is 13.3. The van der Waals surface area contributed by atoms with Crippen LogP contribution in [-0.2, 0) is 6.42 Å². The Morgan fingerprint density at radius 3 is 1.62 bits per heavy atom. The Balaban J connectivity index is 0.000000186. The van der Waals surface area contributed by atoms with Gasteiger partial charge < -0.3 is 0 Å². The van der Waals surface area contributed by atoms with E-state index in [2.05, 4.69) is 4.98 Å². The second-order valence-electron chi connectivity index (χ2n) is 4.84. The molecule has 2 nitrogen and oxygen atoms in total. The summed E-state index contributed by atoms with van der Waals surface area (Å²) in [6.07, 6.45) is 4.37. The molecule has 1 aliphatic rings. The maximum absolute atomic E-state index is 12.1. The number of rotatable bonds is 0. The van der Waals surface area contributed by atoms with Crippen molar-refractivity contribution in [3.63, 3.8) is 0 Å². The fraction of sp³-hybridized carbons (Fsp3) is 0.0526. The number of pyridine rings is 1. The van der Waals surface area contributed by atoms with Gasteiger partial charge in [0, 0.05) is 23.5 Å². The average Bonchev–Trinajstić information content (AvgIpc) is 2.57. The van der Waals surface area contributed by atoms with Crippen LogP contribution in [0.5, 0.6) is 0 Å². The van der Waals surface area contributed by atoms with Gasteiger partial charge in [0.2, 0.25) is 0 Å². The summed E-state index contributed by atoms with van der Waals surface area (Å²) in [5.74, 6) is 0.160. The summed E-state index contributed by atoms with van der Waals surface area (Å²) in [6.45, 7) is 0. The monoisotopic (exact) mass is 273 g/mol. The highest BCUT2D eigenvalue weighted by Gasteiger charge is 2.21. The van der Waals surface area contributed by atoms with Crippen molar-refractivity contribution in [3.05, 3.63) is 101 Å². The lowest BCUT2D eigenvalue weighted by Gasteiger charge is -2.17. The number of carbonyl (C=O) groups is 1. The van der Waals surface area contributed by atoms with Gasteiger partial charge in [-0.3, -0.25) is 9.78 Å². The normalized spacial score (nSPS) is 11.7. The Morgan fingerprint density at radius 1 is 0.667 bits per heavy atom. The molecule has 0 amide bonds. The molecule has 2 aromatic carbocycles. The Bertz CT molecular complexity index is 676.